The second-order valence-electron chi connectivity index (χ2n) is 4.01. The Kier molecular flexibility index (Phi) is 3.48. The van der Waals surface area contributed by atoms with E-state index >= 15 is 0 Å². The fourth-order valence-electron chi connectivity index (χ4n) is 1.67. The molecule has 1 atom stereocenters. The van der Waals surface area contributed by atoms with Gasteiger partial charge in [-0.2, -0.15) is 13.2 Å². The summed E-state index contributed by atoms with van der Waals surface area (Å²) in [6, 6.07) is 6.64. The largest absolute Gasteiger partial charge is 0.416 e. The Balaban J connectivity index is 2.11. The number of para-hydroxylation sites is 1. The zero-order chi connectivity index (χ0) is 14.0. The molecular formula is C12H11F3N2O2. The molecule has 0 aliphatic rings. The van der Waals surface area contributed by atoms with Crippen molar-refractivity contribution in [3.63, 3.8) is 0 Å². The summed E-state index contributed by atoms with van der Waals surface area (Å²) >= 11 is 0. The van der Waals surface area contributed by atoms with E-state index in [2.05, 4.69) is 10.3 Å². The van der Waals surface area contributed by atoms with E-state index in [0.29, 0.717) is 5.52 Å². The van der Waals surface area contributed by atoms with Crippen molar-refractivity contribution in [3.8, 4) is 0 Å². The van der Waals surface area contributed by atoms with Crippen LogP contribution >= 0.6 is 0 Å². The number of carbonyl (C=O) groups is 1. The van der Waals surface area contributed by atoms with E-state index < -0.39 is 24.7 Å². The van der Waals surface area contributed by atoms with Gasteiger partial charge in [0.1, 0.15) is 0 Å². The van der Waals surface area contributed by atoms with Crippen molar-refractivity contribution < 1.29 is 23.1 Å². The Morgan fingerprint density at radius 1 is 1.37 bits per heavy atom. The highest BCUT2D eigenvalue weighted by Gasteiger charge is 2.38. The third-order valence-electron chi connectivity index (χ3n) is 2.67. The summed E-state index contributed by atoms with van der Waals surface area (Å²) in [5.74, 6) is -0.670. The first-order chi connectivity index (χ1) is 8.89. The molecule has 1 aromatic carbocycles. The van der Waals surface area contributed by atoms with Gasteiger partial charge in [0, 0.05) is 11.6 Å². The maximum absolute atomic E-state index is 12.1. The number of fused-ring (bicyclic) bond motifs is 1. The van der Waals surface area contributed by atoms with Gasteiger partial charge in [0.2, 0.25) is 0 Å². The summed E-state index contributed by atoms with van der Waals surface area (Å²) in [5.41, 5.74) is 0.776. The molecule has 2 rings (SSSR count). The number of benzene rings is 1. The number of hydrogen-bond donors (Lipinski definition) is 3. The standard InChI is InChI=1S/C12H11F3N2O2/c13-12(14,15)9(18)6-17-11(19)8-3-1-2-7-4-5-16-10(7)8/h1-5,9,16,18H,6H2,(H,17,19). The maximum Gasteiger partial charge on any atom is 0.416 e. The Labute approximate surface area is 106 Å². The van der Waals surface area contributed by atoms with Crippen LogP contribution in [0.4, 0.5) is 13.2 Å². The van der Waals surface area contributed by atoms with Gasteiger partial charge in [-0.15, -0.1) is 0 Å². The van der Waals surface area contributed by atoms with Gasteiger partial charge < -0.3 is 15.4 Å². The number of aliphatic hydroxyl groups excluding tert-OH is 1. The fraction of sp³-hybridized carbons (Fsp3) is 0.250. The summed E-state index contributed by atoms with van der Waals surface area (Å²) < 4.78 is 36.3. The molecular weight excluding hydrogens is 261 g/mol. The molecule has 1 amide bonds. The van der Waals surface area contributed by atoms with Crippen molar-refractivity contribution in [2.75, 3.05) is 6.54 Å². The van der Waals surface area contributed by atoms with Crippen molar-refractivity contribution in [2.24, 2.45) is 0 Å². The van der Waals surface area contributed by atoms with Gasteiger partial charge in [0.15, 0.2) is 6.10 Å². The Hall–Kier alpha value is -2.02. The zero-order valence-electron chi connectivity index (χ0n) is 9.66. The van der Waals surface area contributed by atoms with Crippen LogP contribution in [0.2, 0.25) is 0 Å². The molecule has 1 heterocycles. The van der Waals surface area contributed by atoms with E-state index in [1.807, 2.05) is 0 Å². The molecule has 2 aromatic rings. The Bertz CT molecular complexity index is 592. The predicted molar refractivity (Wildman–Crippen MR) is 62.7 cm³/mol. The molecule has 1 aromatic heterocycles. The van der Waals surface area contributed by atoms with Crippen LogP contribution in [0.15, 0.2) is 30.5 Å². The molecule has 0 spiro atoms. The average molecular weight is 272 g/mol. The van der Waals surface area contributed by atoms with E-state index in [4.69, 9.17) is 5.11 Å². The third-order valence-corrected chi connectivity index (χ3v) is 2.67. The Morgan fingerprint density at radius 3 is 2.79 bits per heavy atom. The Morgan fingerprint density at radius 2 is 2.11 bits per heavy atom. The maximum atomic E-state index is 12.1. The molecule has 102 valence electrons. The normalized spacial score (nSPS) is 13.5. The van der Waals surface area contributed by atoms with Crippen molar-refractivity contribution in [3.05, 3.63) is 36.0 Å². The number of rotatable bonds is 3. The second kappa shape index (κ2) is 4.93. The first kappa shape index (κ1) is 13.4. The van der Waals surface area contributed by atoms with Gasteiger partial charge in [-0.05, 0) is 12.1 Å². The van der Waals surface area contributed by atoms with Gasteiger partial charge in [-0.1, -0.05) is 12.1 Å². The number of amides is 1. The van der Waals surface area contributed by atoms with Crippen LogP contribution in [0, 0.1) is 0 Å². The van der Waals surface area contributed by atoms with Crippen molar-refractivity contribution in [1.29, 1.82) is 0 Å². The number of aliphatic hydroxyl groups is 1. The van der Waals surface area contributed by atoms with E-state index in [0.717, 1.165) is 5.39 Å². The minimum Gasteiger partial charge on any atom is -0.382 e. The number of alkyl halides is 3. The molecule has 19 heavy (non-hydrogen) atoms. The van der Waals surface area contributed by atoms with Crippen LogP contribution in [0.3, 0.4) is 0 Å². The van der Waals surface area contributed by atoms with E-state index in [1.165, 1.54) is 6.07 Å². The summed E-state index contributed by atoms with van der Waals surface area (Å²) in [4.78, 5) is 14.6. The van der Waals surface area contributed by atoms with Crippen molar-refractivity contribution in [1.82, 2.24) is 10.3 Å². The highest BCUT2D eigenvalue weighted by molar-refractivity contribution is 6.05. The second-order valence-corrected chi connectivity index (χ2v) is 4.01. The minimum absolute atomic E-state index is 0.233. The number of carbonyl (C=O) groups excluding carboxylic acids is 1. The highest BCUT2D eigenvalue weighted by atomic mass is 19.4. The van der Waals surface area contributed by atoms with Gasteiger partial charge >= 0.3 is 6.18 Å². The van der Waals surface area contributed by atoms with Crippen molar-refractivity contribution >= 4 is 16.8 Å². The van der Waals surface area contributed by atoms with Crippen LogP contribution in [-0.4, -0.2) is 34.8 Å². The summed E-state index contributed by atoms with van der Waals surface area (Å²) in [6.45, 7) is -0.876. The number of hydrogen-bond acceptors (Lipinski definition) is 2. The zero-order valence-corrected chi connectivity index (χ0v) is 9.66. The monoisotopic (exact) mass is 272 g/mol. The number of aromatic amines is 1. The molecule has 0 radical (unpaired) electrons. The topological polar surface area (TPSA) is 65.1 Å². The fourth-order valence-corrected chi connectivity index (χ4v) is 1.67. The quantitative estimate of drug-likeness (QED) is 0.798. The van der Waals surface area contributed by atoms with E-state index in [9.17, 15) is 18.0 Å². The molecule has 7 heteroatoms. The van der Waals surface area contributed by atoms with Crippen molar-refractivity contribution in [2.45, 2.75) is 12.3 Å². The predicted octanol–water partition coefficient (Wildman–Crippen LogP) is 1.82. The van der Waals surface area contributed by atoms with Crippen LogP contribution in [0.5, 0.6) is 0 Å². The molecule has 0 saturated heterocycles. The number of aromatic nitrogens is 1. The molecule has 3 N–H and O–H groups in total. The molecule has 0 saturated carbocycles. The average Bonchev–Trinajstić information content (AvgIpc) is 2.82. The molecule has 4 nitrogen and oxygen atoms in total. The SMILES string of the molecule is O=C(NCC(O)C(F)(F)F)c1cccc2cc[nH]c12. The summed E-state index contributed by atoms with van der Waals surface area (Å²) in [5, 5.41) is 11.6. The molecule has 0 fully saturated rings. The van der Waals surface area contributed by atoms with E-state index in [1.54, 1.807) is 24.4 Å². The van der Waals surface area contributed by atoms with Gasteiger partial charge in [0.05, 0.1) is 17.6 Å². The number of H-pyrrole nitrogens is 1. The summed E-state index contributed by atoms with van der Waals surface area (Å²) in [6.07, 6.45) is -5.68. The molecule has 0 aliphatic carbocycles. The minimum atomic E-state index is -4.74. The van der Waals surface area contributed by atoms with Crippen LogP contribution in [-0.2, 0) is 0 Å². The first-order valence-corrected chi connectivity index (χ1v) is 5.48. The van der Waals surface area contributed by atoms with Crippen LogP contribution in [0.25, 0.3) is 10.9 Å². The van der Waals surface area contributed by atoms with E-state index in [-0.39, 0.29) is 5.56 Å². The molecule has 0 bridgehead atoms. The lowest BCUT2D eigenvalue weighted by atomic mass is 10.1. The highest BCUT2D eigenvalue weighted by Crippen LogP contribution is 2.20. The lowest BCUT2D eigenvalue weighted by Gasteiger charge is -2.15. The van der Waals surface area contributed by atoms with Gasteiger partial charge in [-0.3, -0.25) is 4.79 Å². The first-order valence-electron chi connectivity index (χ1n) is 5.48. The smallest absolute Gasteiger partial charge is 0.382 e. The van der Waals surface area contributed by atoms with Gasteiger partial charge in [-0.25, -0.2) is 0 Å². The third kappa shape index (κ3) is 2.87. The van der Waals surface area contributed by atoms with Crippen LogP contribution < -0.4 is 5.32 Å². The molecule has 1 unspecified atom stereocenters. The lowest BCUT2D eigenvalue weighted by molar-refractivity contribution is -0.201. The van der Waals surface area contributed by atoms with Gasteiger partial charge in [0.25, 0.3) is 5.91 Å². The number of halogens is 3. The summed E-state index contributed by atoms with van der Waals surface area (Å²) in [7, 11) is 0. The lowest BCUT2D eigenvalue weighted by Crippen LogP contribution is -2.40. The number of nitrogens with one attached hydrogen (secondary N) is 2. The van der Waals surface area contributed by atoms with Crippen LogP contribution in [0.1, 0.15) is 10.4 Å². The molecule has 0 aliphatic heterocycles.